The number of rotatable bonds is 7. The van der Waals surface area contributed by atoms with Gasteiger partial charge in [-0.15, -0.1) is 0 Å². The molecule has 0 saturated heterocycles. The van der Waals surface area contributed by atoms with Crippen molar-refractivity contribution in [1.29, 1.82) is 0 Å². The van der Waals surface area contributed by atoms with Gasteiger partial charge in [0.1, 0.15) is 12.4 Å². The molecule has 0 aliphatic carbocycles. The maximum absolute atomic E-state index is 13.5. The van der Waals surface area contributed by atoms with Crippen LogP contribution < -0.4 is 4.90 Å². The monoisotopic (exact) mass is 483 g/mol. The summed E-state index contributed by atoms with van der Waals surface area (Å²) in [6, 6.07) is 8.28. The number of methoxy groups -OCH3 is 1. The number of ether oxygens (including phenoxy) is 1. The second-order valence-electron chi connectivity index (χ2n) is 9.79. The molecule has 0 bridgehead atoms. The first-order valence-electron chi connectivity index (χ1n) is 12.7. The van der Waals surface area contributed by atoms with Crippen LogP contribution in [-0.4, -0.2) is 77.1 Å². The van der Waals surface area contributed by atoms with Crippen molar-refractivity contribution in [2.24, 2.45) is 0 Å². The van der Waals surface area contributed by atoms with Gasteiger partial charge in [0.15, 0.2) is 0 Å². The first-order valence-corrected chi connectivity index (χ1v) is 12.7. The Morgan fingerprint density at radius 3 is 2.51 bits per heavy atom. The van der Waals surface area contributed by atoms with E-state index < -0.39 is 0 Å². The Labute approximate surface area is 209 Å². The van der Waals surface area contributed by atoms with Crippen LogP contribution >= 0.6 is 0 Å². The van der Waals surface area contributed by atoms with Gasteiger partial charge in [-0.05, 0) is 31.9 Å². The second kappa shape index (κ2) is 12.8. The molecular formula is C27H41N5O3. The molecule has 0 unspecified atom stereocenters. The third-order valence-electron chi connectivity index (χ3n) is 6.61. The molecule has 1 aromatic carbocycles. The van der Waals surface area contributed by atoms with Gasteiger partial charge in [-0.1, -0.05) is 32.0 Å². The maximum atomic E-state index is 13.5. The molecule has 0 fully saturated rings. The fourth-order valence-electron chi connectivity index (χ4n) is 4.68. The zero-order valence-electron chi connectivity index (χ0n) is 21.9. The Morgan fingerprint density at radius 1 is 1.03 bits per heavy atom. The van der Waals surface area contributed by atoms with Crippen molar-refractivity contribution in [2.75, 3.05) is 44.8 Å². The van der Waals surface area contributed by atoms with Gasteiger partial charge in [0.2, 0.25) is 5.91 Å². The van der Waals surface area contributed by atoms with E-state index in [-0.39, 0.29) is 18.4 Å². The van der Waals surface area contributed by atoms with Crippen molar-refractivity contribution < 1.29 is 14.3 Å². The molecular weight excluding hydrogens is 442 g/mol. The van der Waals surface area contributed by atoms with Crippen LogP contribution in [0.2, 0.25) is 0 Å². The standard InChI is InChI=1S/C27H41N5O3/c1-21(2)27-28-12-16-30(27)15-11-25(33)31-18-17-29(22(3)4)13-8-14-32(26(34)20-35-5)24-10-7-6-9-23(24)19-31/h6-7,9-10,12,16,21-22H,8,11,13-15,17-20H2,1-5H3. The lowest BCUT2D eigenvalue weighted by Crippen LogP contribution is -2.41. The molecule has 2 aromatic rings. The summed E-state index contributed by atoms with van der Waals surface area (Å²) in [5, 5.41) is 0. The normalized spacial score (nSPS) is 15.9. The predicted molar refractivity (Wildman–Crippen MR) is 138 cm³/mol. The molecule has 8 nitrogen and oxygen atoms in total. The Balaban J connectivity index is 1.86. The smallest absolute Gasteiger partial charge is 0.252 e. The lowest BCUT2D eigenvalue weighted by atomic mass is 10.1. The van der Waals surface area contributed by atoms with Crippen molar-refractivity contribution in [1.82, 2.24) is 19.4 Å². The minimum atomic E-state index is -0.0607. The number of amides is 2. The Hall–Kier alpha value is -2.71. The number of aromatic nitrogens is 2. The third kappa shape index (κ3) is 7.15. The molecule has 0 atom stereocenters. The number of aryl methyl sites for hydroxylation is 1. The number of carbonyl (C=O) groups excluding carboxylic acids is 2. The lowest BCUT2D eigenvalue weighted by molar-refractivity contribution is -0.132. The summed E-state index contributed by atoms with van der Waals surface area (Å²) in [6.45, 7) is 12.6. The van der Waals surface area contributed by atoms with E-state index in [1.165, 1.54) is 0 Å². The van der Waals surface area contributed by atoms with E-state index in [1.54, 1.807) is 13.3 Å². The number of nitrogens with zero attached hydrogens (tertiary/aromatic N) is 5. The van der Waals surface area contributed by atoms with E-state index in [0.29, 0.717) is 44.6 Å². The zero-order valence-corrected chi connectivity index (χ0v) is 21.9. The fraction of sp³-hybridized carbons (Fsp3) is 0.593. The fourth-order valence-corrected chi connectivity index (χ4v) is 4.68. The highest BCUT2D eigenvalue weighted by atomic mass is 16.5. The Bertz CT molecular complexity index is 971. The highest BCUT2D eigenvalue weighted by Crippen LogP contribution is 2.24. The van der Waals surface area contributed by atoms with Crippen molar-refractivity contribution in [2.45, 2.75) is 65.6 Å². The molecule has 0 spiro atoms. The first-order chi connectivity index (χ1) is 16.8. The number of carbonyl (C=O) groups is 2. The molecule has 0 N–H and O–H groups in total. The van der Waals surface area contributed by atoms with Crippen LogP contribution in [0.4, 0.5) is 5.69 Å². The van der Waals surface area contributed by atoms with E-state index in [1.807, 2.05) is 40.3 Å². The van der Waals surface area contributed by atoms with Crippen LogP contribution in [-0.2, 0) is 27.4 Å². The van der Waals surface area contributed by atoms with Gasteiger partial charge < -0.3 is 19.1 Å². The van der Waals surface area contributed by atoms with Gasteiger partial charge in [0.25, 0.3) is 5.91 Å². The number of hydrogen-bond acceptors (Lipinski definition) is 5. The summed E-state index contributed by atoms with van der Waals surface area (Å²) < 4.78 is 7.24. The van der Waals surface area contributed by atoms with Crippen LogP contribution in [0.25, 0.3) is 0 Å². The molecule has 2 amide bonds. The highest BCUT2D eigenvalue weighted by Gasteiger charge is 2.24. The van der Waals surface area contributed by atoms with Crippen molar-refractivity contribution in [3.05, 3.63) is 48.0 Å². The highest BCUT2D eigenvalue weighted by molar-refractivity contribution is 5.95. The van der Waals surface area contributed by atoms with Crippen LogP contribution in [0.1, 0.15) is 57.8 Å². The number of anilines is 1. The lowest BCUT2D eigenvalue weighted by Gasteiger charge is -2.30. The molecule has 3 rings (SSSR count). The van der Waals surface area contributed by atoms with Gasteiger partial charge in [-0.25, -0.2) is 4.98 Å². The van der Waals surface area contributed by atoms with E-state index in [9.17, 15) is 9.59 Å². The van der Waals surface area contributed by atoms with Gasteiger partial charge in [0, 0.05) is 82.8 Å². The molecule has 8 heteroatoms. The summed E-state index contributed by atoms with van der Waals surface area (Å²) in [6.07, 6.45) is 5.01. The Morgan fingerprint density at radius 2 is 1.80 bits per heavy atom. The SMILES string of the molecule is COCC(=O)N1CCCN(C(C)C)CCN(C(=O)CCn2ccnc2C(C)C)Cc2ccccc21. The second-order valence-corrected chi connectivity index (χ2v) is 9.79. The van der Waals surface area contributed by atoms with E-state index in [0.717, 1.165) is 36.6 Å². The number of fused-ring (bicyclic) bond motifs is 1. The molecule has 192 valence electrons. The van der Waals surface area contributed by atoms with Gasteiger partial charge in [-0.3, -0.25) is 14.5 Å². The number of benzene rings is 1. The van der Waals surface area contributed by atoms with Crippen LogP contribution in [0.15, 0.2) is 36.7 Å². The summed E-state index contributed by atoms with van der Waals surface area (Å²) in [5.74, 6) is 1.36. The summed E-state index contributed by atoms with van der Waals surface area (Å²) in [4.78, 5) is 37.1. The minimum Gasteiger partial charge on any atom is -0.375 e. The zero-order chi connectivity index (χ0) is 25.4. The predicted octanol–water partition coefficient (Wildman–Crippen LogP) is 3.52. The van der Waals surface area contributed by atoms with Crippen molar-refractivity contribution in [3.8, 4) is 0 Å². The topological polar surface area (TPSA) is 70.9 Å². The molecule has 2 heterocycles. The van der Waals surface area contributed by atoms with Crippen LogP contribution in [0.5, 0.6) is 0 Å². The van der Waals surface area contributed by atoms with Crippen LogP contribution in [0.3, 0.4) is 0 Å². The van der Waals surface area contributed by atoms with E-state index in [2.05, 4.69) is 42.1 Å². The average molecular weight is 484 g/mol. The summed E-state index contributed by atoms with van der Waals surface area (Å²) in [5.41, 5.74) is 1.84. The quantitative estimate of drug-likeness (QED) is 0.603. The third-order valence-corrected chi connectivity index (χ3v) is 6.61. The Kier molecular flexibility index (Phi) is 9.86. The van der Waals surface area contributed by atoms with E-state index in [4.69, 9.17) is 4.74 Å². The van der Waals surface area contributed by atoms with Crippen molar-refractivity contribution in [3.63, 3.8) is 0 Å². The van der Waals surface area contributed by atoms with Gasteiger partial charge in [-0.2, -0.15) is 0 Å². The first kappa shape index (κ1) is 26.9. The molecule has 1 aliphatic rings. The van der Waals surface area contributed by atoms with E-state index >= 15 is 0 Å². The molecule has 35 heavy (non-hydrogen) atoms. The maximum Gasteiger partial charge on any atom is 0.252 e. The largest absolute Gasteiger partial charge is 0.375 e. The number of imidazole rings is 1. The minimum absolute atomic E-state index is 0.0357. The van der Waals surface area contributed by atoms with Crippen molar-refractivity contribution >= 4 is 17.5 Å². The van der Waals surface area contributed by atoms with Gasteiger partial charge >= 0.3 is 0 Å². The molecule has 1 aliphatic heterocycles. The summed E-state index contributed by atoms with van der Waals surface area (Å²) in [7, 11) is 1.54. The van der Waals surface area contributed by atoms with Gasteiger partial charge in [0.05, 0.1) is 0 Å². The summed E-state index contributed by atoms with van der Waals surface area (Å²) >= 11 is 0. The number of hydrogen-bond donors (Lipinski definition) is 0. The molecule has 0 saturated carbocycles. The molecule has 1 aromatic heterocycles. The average Bonchev–Trinajstić information content (AvgIpc) is 3.29. The van der Waals surface area contributed by atoms with Crippen LogP contribution in [0, 0.1) is 0 Å². The number of para-hydroxylation sites is 1. The molecule has 0 radical (unpaired) electrons.